The Hall–Kier alpha value is -7.47. The number of nitriles is 2. The van der Waals surface area contributed by atoms with Crippen LogP contribution in [0.5, 0.6) is 0 Å². The fourth-order valence-corrected chi connectivity index (χ4v) is 6.34. The van der Waals surface area contributed by atoms with E-state index >= 15 is 0 Å². The van der Waals surface area contributed by atoms with Crippen LogP contribution in [0.1, 0.15) is 11.1 Å². The summed E-state index contributed by atoms with van der Waals surface area (Å²) < 4.78 is 14.5. The van der Waals surface area contributed by atoms with E-state index in [1.165, 1.54) is 0 Å². The van der Waals surface area contributed by atoms with Gasteiger partial charge in [-0.15, -0.1) is 0 Å². The van der Waals surface area contributed by atoms with Gasteiger partial charge in [0, 0.05) is 27.6 Å². The first-order chi connectivity index (χ1) is 24.1. The molecular weight excluding hydrogens is 608 g/mol. The molecule has 0 atom stereocenters. The van der Waals surface area contributed by atoms with Crippen LogP contribution in [-0.2, 0) is 0 Å². The molecule has 0 aliphatic heterocycles. The second kappa shape index (κ2) is 10.8. The summed E-state index contributed by atoms with van der Waals surface area (Å²) in [6.45, 7) is 7.36. The number of oxazole rings is 2. The molecule has 0 aliphatic rings. The molecule has 0 amide bonds. The Labute approximate surface area is 278 Å². The Morgan fingerprint density at radius 2 is 1.06 bits per heavy atom. The van der Waals surface area contributed by atoms with Gasteiger partial charge in [-0.25, -0.2) is 14.8 Å². The Balaban J connectivity index is 1.22. The summed E-state index contributed by atoms with van der Waals surface area (Å²) in [5, 5.41) is 20.5. The lowest BCUT2D eigenvalue weighted by Crippen LogP contribution is -1.94. The highest BCUT2D eigenvalue weighted by atomic mass is 16.4. The van der Waals surface area contributed by atoms with Gasteiger partial charge in [-0.1, -0.05) is 30.3 Å². The Morgan fingerprint density at radius 3 is 1.63 bits per heavy atom. The maximum Gasteiger partial charge on any atom is 0.227 e. The van der Waals surface area contributed by atoms with Gasteiger partial charge < -0.3 is 13.4 Å². The van der Waals surface area contributed by atoms with Crippen LogP contribution in [-0.4, -0.2) is 14.5 Å². The smallest absolute Gasteiger partial charge is 0.227 e. The van der Waals surface area contributed by atoms with Crippen molar-refractivity contribution < 1.29 is 8.83 Å². The third-order valence-corrected chi connectivity index (χ3v) is 8.75. The van der Waals surface area contributed by atoms with Crippen LogP contribution in [0.15, 0.2) is 130 Å². The van der Waals surface area contributed by atoms with Crippen molar-refractivity contribution in [3.05, 3.63) is 144 Å². The molecule has 8 nitrogen and oxygen atoms in total. The van der Waals surface area contributed by atoms with Crippen LogP contribution in [0, 0.1) is 29.2 Å². The lowest BCUT2D eigenvalue weighted by atomic mass is 10.0. The van der Waals surface area contributed by atoms with Crippen molar-refractivity contribution in [2.45, 2.75) is 0 Å². The van der Waals surface area contributed by atoms with Crippen molar-refractivity contribution in [3.63, 3.8) is 0 Å². The third kappa shape index (κ3) is 4.59. The Bertz CT molecular complexity index is 2760. The minimum absolute atomic E-state index is 0.463. The van der Waals surface area contributed by atoms with Gasteiger partial charge in [0.1, 0.15) is 5.52 Å². The summed E-state index contributed by atoms with van der Waals surface area (Å²) >= 11 is 0. The number of benzene rings is 6. The molecule has 226 valence electrons. The molecule has 0 aliphatic carbocycles. The van der Waals surface area contributed by atoms with Crippen LogP contribution < -0.4 is 0 Å². The Morgan fingerprint density at radius 1 is 0.551 bits per heavy atom. The van der Waals surface area contributed by atoms with Crippen molar-refractivity contribution in [2.75, 3.05) is 0 Å². The summed E-state index contributed by atoms with van der Waals surface area (Å²) in [4.78, 5) is 12.9. The molecule has 3 heterocycles. The third-order valence-electron chi connectivity index (χ3n) is 8.75. The quantitative estimate of drug-likeness (QED) is 0.179. The molecule has 6 aromatic carbocycles. The second-order valence-electron chi connectivity index (χ2n) is 11.6. The molecule has 0 N–H and O–H groups in total. The first-order valence-electron chi connectivity index (χ1n) is 15.4. The summed E-state index contributed by atoms with van der Waals surface area (Å²) in [6, 6.07) is 43.0. The van der Waals surface area contributed by atoms with Gasteiger partial charge in [0.15, 0.2) is 16.9 Å². The van der Waals surface area contributed by atoms with Gasteiger partial charge in [-0.3, -0.25) is 0 Å². The van der Waals surface area contributed by atoms with Gasteiger partial charge in [0.2, 0.25) is 11.8 Å². The van der Waals surface area contributed by atoms with E-state index in [0.717, 1.165) is 49.7 Å². The van der Waals surface area contributed by atoms with Crippen LogP contribution in [0.4, 0.5) is 5.69 Å². The maximum atomic E-state index is 9.35. The van der Waals surface area contributed by atoms with E-state index in [0.29, 0.717) is 50.8 Å². The van der Waals surface area contributed by atoms with Gasteiger partial charge >= 0.3 is 0 Å². The number of hydrogen-bond donors (Lipinski definition) is 0. The highest BCUT2D eigenvalue weighted by Crippen LogP contribution is 2.38. The molecule has 0 spiro atoms. The van der Waals surface area contributed by atoms with E-state index < -0.39 is 0 Å². The van der Waals surface area contributed by atoms with E-state index in [1.54, 1.807) is 36.4 Å². The topological polar surface area (TPSA) is 109 Å². The second-order valence-corrected chi connectivity index (χ2v) is 11.6. The van der Waals surface area contributed by atoms with Gasteiger partial charge in [0.05, 0.1) is 46.4 Å². The van der Waals surface area contributed by atoms with Crippen LogP contribution in [0.3, 0.4) is 0 Å². The number of nitrogens with zero attached hydrogens (tertiary/aromatic N) is 6. The lowest BCUT2D eigenvalue weighted by molar-refractivity contribution is 0.619. The van der Waals surface area contributed by atoms with E-state index in [4.69, 9.17) is 25.4 Å². The first kappa shape index (κ1) is 27.8. The predicted octanol–water partition coefficient (Wildman–Crippen LogP) is 10.4. The predicted molar refractivity (Wildman–Crippen MR) is 188 cm³/mol. The highest BCUT2D eigenvalue weighted by molar-refractivity contribution is 6.11. The molecule has 9 aromatic rings. The normalized spacial score (nSPS) is 11.2. The van der Waals surface area contributed by atoms with Crippen molar-refractivity contribution in [2.24, 2.45) is 0 Å². The zero-order valence-electron chi connectivity index (χ0n) is 25.5. The minimum Gasteiger partial charge on any atom is -0.436 e. The minimum atomic E-state index is 0.463. The largest absolute Gasteiger partial charge is 0.436 e. The average Bonchev–Trinajstić information content (AvgIpc) is 3.87. The number of rotatable bonds is 4. The molecule has 0 radical (unpaired) electrons. The van der Waals surface area contributed by atoms with Crippen molar-refractivity contribution in [3.8, 4) is 51.9 Å². The zero-order chi connectivity index (χ0) is 33.1. The van der Waals surface area contributed by atoms with E-state index in [2.05, 4.69) is 70.1 Å². The molecule has 0 fully saturated rings. The van der Waals surface area contributed by atoms with Crippen LogP contribution in [0.25, 0.3) is 88.6 Å². The standard InChI is InChI=1S/C41H20N6O2/c1-44-30-11-17-39-35(21-30)46-41(49-39)29-10-15-37-33(20-29)32-19-28(40-45-34-18-25(23-43)4-16-38(34)48-40)9-14-36(32)47(37)31-12-7-27(8-13-31)26-5-2-24(22-42)3-6-26/h2-21H. The Kier molecular flexibility index (Phi) is 6.14. The molecule has 0 unspecified atom stereocenters. The van der Waals surface area contributed by atoms with Gasteiger partial charge in [0.25, 0.3) is 0 Å². The summed E-state index contributed by atoms with van der Waals surface area (Å²) in [5.41, 5.74) is 10.8. The molecular formula is C41H20N6O2. The lowest BCUT2D eigenvalue weighted by Gasteiger charge is -2.10. The summed E-state index contributed by atoms with van der Waals surface area (Å²) in [5.74, 6) is 0.931. The van der Waals surface area contributed by atoms with Gasteiger partial charge in [-0.2, -0.15) is 10.5 Å². The SMILES string of the molecule is [C-]#[N+]c1ccc2oc(-c3ccc4c(c3)c3cc(-c5nc6cc(C#N)ccc6o5)ccc3n4-c3ccc(-c4ccc(C#N)cc4)cc3)nc2c1. The maximum absolute atomic E-state index is 9.35. The summed E-state index contributed by atoms with van der Waals surface area (Å²) in [6.07, 6.45) is 0. The summed E-state index contributed by atoms with van der Waals surface area (Å²) in [7, 11) is 0. The number of aromatic nitrogens is 3. The van der Waals surface area contributed by atoms with E-state index in [-0.39, 0.29) is 0 Å². The molecule has 0 bridgehead atoms. The first-order valence-corrected chi connectivity index (χ1v) is 15.4. The van der Waals surface area contributed by atoms with Crippen LogP contribution >= 0.6 is 0 Å². The van der Waals surface area contributed by atoms with Crippen molar-refractivity contribution in [1.82, 2.24) is 14.5 Å². The van der Waals surface area contributed by atoms with Gasteiger partial charge in [-0.05, 0) is 102 Å². The fraction of sp³-hybridized carbons (Fsp3) is 0. The van der Waals surface area contributed by atoms with E-state index in [1.807, 2.05) is 36.4 Å². The fourth-order valence-electron chi connectivity index (χ4n) is 6.34. The molecule has 49 heavy (non-hydrogen) atoms. The molecule has 3 aromatic heterocycles. The van der Waals surface area contributed by atoms with E-state index in [9.17, 15) is 10.5 Å². The monoisotopic (exact) mass is 628 g/mol. The van der Waals surface area contributed by atoms with Crippen molar-refractivity contribution >= 4 is 49.7 Å². The zero-order valence-corrected chi connectivity index (χ0v) is 25.5. The van der Waals surface area contributed by atoms with Crippen molar-refractivity contribution in [1.29, 1.82) is 10.5 Å². The molecule has 0 saturated carbocycles. The average molecular weight is 629 g/mol. The highest BCUT2D eigenvalue weighted by Gasteiger charge is 2.18. The molecule has 0 saturated heterocycles. The number of fused-ring (bicyclic) bond motifs is 5. The molecule has 8 heteroatoms. The number of hydrogen-bond acceptors (Lipinski definition) is 6. The van der Waals surface area contributed by atoms with Crippen LogP contribution in [0.2, 0.25) is 0 Å². The molecule has 9 rings (SSSR count).